The number of likely N-dealkylation sites (tertiary alicyclic amines) is 1. The van der Waals surface area contributed by atoms with E-state index in [1.54, 1.807) is 11.6 Å². The molecule has 0 bridgehead atoms. The number of piperidine rings is 2. The van der Waals surface area contributed by atoms with Crippen molar-refractivity contribution in [2.45, 2.75) is 133 Å². The number of aromatic nitrogens is 4. The van der Waals surface area contributed by atoms with Crippen LogP contribution in [0.3, 0.4) is 0 Å². The van der Waals surface area contributed by atoms with Gasteiger partial charge >= 0.3 is 5.69 Å². The Kier molecular flexibility index (Phi) is 11.0. The Labute approximate surface area is 358 Å². The summed E-state index contributed by atoms with van der Waals surface area (Å²) in [4.78, 5) is 65.8. The van der Waals surface area contributed by atoms with Crippen LogP contribution in [-0.4, -0.2) is 116 Å². The van der Waals surface area contributed by atoms with Crippen molar-refractivity contribution in [3.63, 3.8) is 0 Å². The molecule has 3 amide bonds. The molecular formula is C46H64N10O5. The molecule has 4 saturated heterocycles. The number of para-hydroxylation sites is 1. The van der Waals surface area contributed by atoms with Crippen molar-refractivity contribution in [3.8, 4) is 5.75 Å². The second-order valence-corrected chi connectivity index (χ2v) is 19.6. The van der Waals surface area contributed by atoms with Gasteiger partial charge in [-0.3, -0.25) is 33.7 Å². The molecule has 7 heterocycles. The molecule has 1 aromatic carbocycles. The Balaban J connectivity index is 0.632. The van der Waals surface area contributed by atoms with Gasteiger partial charge in [-0.05, 0) is 107 Å². The van der Waals surface area contributed by atoms with Crippen LogP contribution in [-0.2, 0) is 26.8 Å². The Morgan fingerprint density at radius 2 is 1.69 bits per heavy atom. The van der Waals surface area contributed by atoms with E-state index < -0.39 is 11.9 Å². The van der Waals surface area contributed by atoms with Crippen molar-refractivity contribution < 1.29 is 19.1 Å². The van der Waals surface area contributed by atoms with E-state index in [-0.39, 0.29) is 35.4 Å². The first-order chi connectivity index (χ1) is 29.6. The quantitative estimate of drug-likeness (QED) is 0.169. The van der Waals surface area contributed by atoms with Gasteiger partial charge in [-0.2, -0.15) is 4.98 Å². The largest absolute Gasteiger partial charge is 0.491 e. The molecule has 7 aliphatic rings. The first-order valence-corrected chi connectivity index (χ1v) is 23.5. The fourth-order valence-corrected chi connectivity index (χ4v) is 11.9. The zero-order chi connectivity index (χ0) is 41.9. The van der Waals surface area contributed by atoms with Gasteiger partial charge in [-0.1, -0.05) is 38.7 Å². The van der Waals surface area contributed by atoms with Gasteiger partial charge in [0, 0.05) is 70.0 Å². The summed E-state index contributed by atoms with van der Waals surface area (Å²) in [5, 5.41) is 11.3. The molecule has 0 radical (unpaired) electrons. The number of anilines is 2. The van der Waals surface area contributed by atoms with Gasteiger partial charge in [0.15, 0.2) is 0 Å². The SMILES string of the molecule is CC1CCCC1N1C(=O)C2(CC2)c2cnc(NC3CCN(N4CCC5(CCN(CCCCCCCOc6cccc7c6n(C)c(=O)n7C6CCC(=O)NC6=O)C5)C4)CC3)nc21. The van der Waals surface area contributed by atoms with E-state index in [1.165, 1.54) is 75.7 Å². The minimum atomic E-state index is -0.707. The molecule has 2 aliphatic carbocycles. The molecule has 2 spiro atoms. The van der Waals surface area contributed by atoms with Crippen molar-refractivity contribution in [3.05, 3.63) is 40.4 Å². The van der Waals surface area contributed by atoms with Gasteiger partial charge in [-0.15, -0.1) is 0 Å². The van der Waals surface area contributed by atoms with Crippen LogP contribution in [0.15, 0.2) is 29.2 Å². The van der Waals surface area contributed by atoms with Gasteiger partial charge < -0.3 is 15.0 Å². The lowest BCUT2D eigenvalue weighted by Crippen LogP contribution is -2.49. The summed E-state index contributed by atoms with van der Waals surface area (Å²) in [7, 11) is 1.71. The first kappa shape index (κ1) is 40.7. The van der Waals surface area contributed by atoms with Crippen LogP contribution in [0.4, 0.5) is 11.8 Å². The van der Waals surface area contributed by atoms with Crippen LogP contribution in [0.1, 0.15) is 121 Å². The normalized spacial score (nSPS) is 28.2. The van der Waals surface area contributed by atoms with Crippen molar-refractivity contribution >= 4 is 40.5 Å². The lowest BCUT2D eigenvalue weighted by atomic mass is 9.86. The van der Waals surface area contributed by atoms with E-state index in [2.05, 4.69) is 37.4 Å². The summed E-state index contributed by atoms with van der Waals surface area (Å²) in [6, 6.07) is 5.47. The van der Waals surface area contributed by atoms with Crippen molar-refractivity contribution in [2.75, 3.05) is 62.6 Å². The highest BCUT2D eigenvalue weighted by molar-refractivity contribution is 6.09. The molecular weight excluding hydrogens is 773 g/mol. The first-order valence-electron chi connectivity index (χ1n) is 23.5. The maximum atomic E-state index is 13.7. The average molecular weight is 837 g/mol. The number of hydrazine groups is 1. The molecule has 6 fully saturated rings. The van der Waals surface area contributed by atoms with Gasteiger partial charge in [0.1, 0.15) is 23.1 Å². The third kappa shape index (κ3) is 7.55. The molecule has 4 atom stereocenters. The predicted molar refractivity (Wildman–Crippen MR) is 232 cm³/mol. The number of aryl methyl sites for hydroxylation is 1. The number of carbonyl (C=O) groups is 3. The maximum absolute atomic E-state index is 13.7. The fourth-order valence-electron chi connectivity index (χ4n) is 11.9. The summed E-state index contributed by atoms with van der Waals surface area (Å²) in [5.41, 5.74) is 2.18. The zero-order valence-corrected chi connectivity index (χ0v) is 36.2. The standard InChI is InChI=1S/C46H64N10O5/c1-31-10-8-11-34(31)56-40-33(46(18-19-46)42(56)59)28-47-43(50-40)48-32-16-23-53(24-17-32)54-26-21-45(30-54)20-25-52(29-45)22-6-4-3-5-7-27-61-37-13-9-12-35-39(37)51(2)44(60)55(35)36-14-15-38(57)49-41(36)58/h9,12-13,28,31-32,34,36H,3-8,10-11,14-27,29-30H2,1-2H3,(H,47,48,50)(H,49,57,58). The number of nitrogens with one attached hydrogen (secondary N) is 2. The van der Waals surface area contributed by atoms with Gasteiger partial charge in [-0.25, -0.2) is 19.8 Å². The summed E-state index contributed by atoms with van der Waals surface area (Å²) in [5.74, 6) is 2.27. The van der Waals surface area contributed by atoms with Crippen molar-refractivity contribution in [1.29, 1.82) is 0 Å². The van der Waals surface area contributed by atoms with Gasteiger partial charge in [0.2, 0.25) is 23.7 Å². The van der Waals surface area contributed by atoms with E-state index >= 15 is 0 Å². The molecule has 4 unspecified atom stereocenters. The number of benzene rings is 1. The molecule has 15 nitrogen and oxygen atoms in total. The summed E-state index contributed by atoms with van der Waals surface area (Å²) in [6.07, 6.45) is 18.1. The van der Waals surface area contributed by atoms with Crippen LogP contribution in [0.5, 0.6) is 5.75 Å². The lowest BCUT2D eigenvalue weighted by Gasteiger charge is -2.39. The third-order valence-electron chi connectivity index (χ3n) is 15.6. The Morgan fingerprint density at radius 1 is 0.885 bits per heavy atom. The van der Waals surface area contributed by atoms with E-state index in [9.17, 15) is 19.2 Å². The molecule has 3 aromatic rings. The summed E-state index contributed by atoms with van der Waals surface area (Å²) in [6.45, 7) is 10.9. The van der Waals surface area contributed by atoms with E-state index in [0.717, 1.165) is 76.0 Å². The average Bonchev–Trinajstić information content (AvgIpc) is 3.48. The van der Waals surface area contributed by atoms with E-state index in [0.29, 0.717) is 53.1 Å². The van der Waals surface area contributed by atoms with E-state index in [4.69, 9.17) is 14.7 Å². The maximum Gasteiger partial charge on any atom is 0.329 e. The highest BCUT2D eigenvalue weighted by Crippen LogP contribution is 2.58. The van der Waals surface area contributed by atoms with Crippen LogP contribution >= 0.6 is 0 Å². The number of hydrogen-bond acceptors (Lipinski definition) is 11. The van der Waals surface area contributed by atoms with Crippen molar-refractivity contribution in [1.82, 2.24) is 39.3 Å². The number of fused-ring (bicyclic) bond motifs is 3. The number of ether oxygens (including phenoxy) is 1. The summed E-state index contributed by atoms with van der Waals surface area (Å²) < 4.78 is 9.25. The Morgan fingerprint density at radius 3 is 2.48 bits per heavy atom. The number of hydrogen-bond donors (Lipinski definition) is 2. The molecule has 10 rings (SSSR count). The predicted octanol–water partition coefficient (Wildman–Crippen LogP) is 4.89. The number of amides is 3. The molecule has 2 N–H and O–H groups in total. The van der Waals surface area contributed by atoms with Crippen LogP contribution in [0, 0.1) is 11.3 Å². The Hall–Kier alpha value is -4.34. The molecule has 61 heavy (non-hydrogen) atoms. The van der Waals surface area contributed by atoms with E-state index in [1.807, 2.05) is 24.4 Å². The van der Waals surface area contributed by atoms with Crippen molar-refractivity contribution in [2.24, 2.45) is 18.4 Å². The second-order valence-electron chi connectivity index (χ2n) is 19.6. The molecule has 2 aromatic heterocycles. The van der Waals surface area contributed by atoms with Crippen LogP contribution in [0.2, 0.25) is 0 Å². The molecule has 2 saturated carbocycles. The molecule has 5 aliphatic heterocycles. The lowest BCUT2D eigenvalue weighted by molar-refractivity contribution is -0.135. The number of unbranched alkanes of at least 4 members (excludes halogenated alkanes) is 4. The molecule has 328 valence electrons. The minimum Gasteiger partial charge on any atom is -0.491 e. The van der Waals surface area contributed by atoms with Gasteiger partial charge in [0.05, 0.1) is 17.5 Å². The topological polar surface area (TPSA) is 150 Å². The van der Waals surface area contributed by atoms with Crippen LogP contribution in [0.25, 0.3) is 11.0 Å². The smallest absolute Gasteiger partial charge is 0.329 e. The minimum absolute atomic E-state index is 0.215. The monoisotopic (exact) mass is 837 g/mol. The van der Waals surface area contributed by atoms with Crippen LogP contribution < -0.4 is 26.0 Å². The highest BCUT2D eigenvalue weighted by Gasteiger charge is 2.62. The number of carbonyl (C=O) groups excluding carboxylic acids is 3. The Bertz CT molecular complexity index is 2230. The number of nitrogens with zero attached hydrogens (tertiary/aromatic N) is 8. The second kappa shape index (κ2) is 16.4. The number of rotatable bonds is 14. The number of imide groups is 1. The number of imidazole rings is 1. The van der Waals surface area contributed by atoms with Gasteiger partial charge in [0.25, 0.3) is 0 Å². The third-order valence-corrected chi connectivity index (χ3v) is 15.6. The molecule has 15 heteroatoms. The summed E-state index contributed by atoms with van der Waals surface area (Å²) >= 11 is 0. The zero-order valence-electron chi connectivity index (χ0n) is 36.2. The fraction of sp³-hybridized carbons (Fsp3) is 0.696. The highest BCUT2D eigenvalue weighted by atomic mass is 16.5.